The second-order valence-electron chi connectivity index (χ2n) is 4.71. The van der Waals surface area contributed by atoms with Crippen LogP contribution in [-0.4, -0.2) is 17.7 Å². The number of hydrogen-bond donors (Lipinski definition) is 1. The molecule has 0 fully saturated rings. The van der Waals surface area contributed by atoms with Crippen LogP contribution >= 0.6 is 0 Å². The molecule has 0 amide bonds. The first-order chi connectivity index (χ1) is 8.58. The summed E-state index contributed by atoms with van der Waals surface area (Å²) < 4.78 is 5.12. The van der Waals surface area contributed by atoms with Crippen LogP contribution in [0.25, 0.3) is 10.8 Å². The van der Waals surface area contributed by atoms with Crippen molar-refractivity contribution in [3.63, 3.8) is 0 Å². The van der Waals surface area contributed by atoms with E-state index in [1.807, 2.05) is 38.1 Å². The van der Waals surface area contributed by atoms with Crippen LogP contribution in [0.5, 0.6) is 5.75 Å². The monoisotopic (exact) mass is 244 g/mol. The van der Waals surface area contributed by atoms with Gasteiger partial charge >= 0.3 is 5.97 Å². The number of fused-ring (bicyclic) bond motifs is 1. The first-order valence-corrected chi connectivity index (χ1v) is 5.97. The largest absolute Gasteiger partial charge is 0.507 e. The second kappa shape index (κ2) is 5.08. The summed E-state index contributed by atoms with van der Waals surface area (Å²) in [6, 6.07) is 10.8. The van der Waals surface area contributed by atoms with E-state index in [1.54, 1.807) is 12.1 Å². The van der Waals surface area contributed by atoms with Gasteiger partial charge in [0.15, 0.2) is 0 Å². The van der Waals surface area contributed by atoms with Gasteiger partial charge in [-0.15, -0.1) is 0 Å². The minimum Gasteiger partial charge on any atom is -0.507 e. The molecule has 94 valence electrons. The Morgan fingerprint density at radius 1 is 1.22 bits per heavy atom. The van der Waals surface area contributed by atoms with Crippen LogP contribution in [0.15, 0.2) is 36.4 Å². The van der Waals surface area contributed by atoms with Gasteiger partial charge in [0.05, 0.1) is 6.61 Å². The molecule has 0 atom stereocenters. The molecule has 0 aromatic heterocycles. The van der Waals surface area contributed by atoms with Gasteiger partial charge in [-0.1, -0.05) is 38.1 Å². The molecule has 0 spiro atoms. The van der Waals surface area contributed by atoms with Crippen LogP contribution in [0.2, 0.25) is 0 Å². The summed E-state index contributed by atoms with van der Waals surface area (Å²) in [6.07, 6.45) is 0. The number of aromatic hydroxyl groups is 1. The first-order valence-electron chi connectivity index (χ1n) is 5.97. The molecule has 0 bridgehead atoms. The van der Waals surface area contributed by atoms with E-state index in [9.17, 15) is 9.90 Å². The number of phenolic OH excluding ortho intramolecular Hbond substituents is 1. The number of ether oxygens (including phenoxy) is 1. The number of esters is 1. The third kappa shape index (κ3) is 2.62. The van der Waals surface area contributed by atoms with E-state index in [0.29, 0.717) is 6.61 Å². The summed E-state index contributed by atoms with van der Waals surface area (Å²) in [7, 11) is 0. The van der Waals surface area contributed by atoms with Gasteiger partial charge < -0.3 is 9.84 Å². The fourth-order valence-corrected chi connectivity index (χ4v) is 1.71. The molecule has 0 unspecified atom stereocenters. The van der Waals surface area contributed by atoms with Crippen molar-refractivity contribution in [2.75, 3.05) is 6.61 Å². The molecule has 0 aliphatic heterocycles. The minimum atomic E-state index is -0.480. The lowest BCUT2D eigenvalue weighted by molar-refractivity contribution is 0.0456. The van der Waals surface area contributed by atoms with E-state index in [4.69, 9.17) is 4.74 Å². The van der Waals surface area contributed by atoms with Crippen molar-refractivity contribution in [2.45, 2.75) is 13.8 Å². The van der Waals surface area contributed by atoms with Crippen LogP contribution in [0.1, 0.15) is 24.2 Å². The summed E-state index contributed by atoms with van der Waals surface area (Å²) in [5.74, 6) is -0.244. The number of benzene rings is 2. The minimum absolute atomic E-state index is 0.0394. The van der Waals surface area contributed by atoms with Gasteiger partial charge in [0.2, 0.25) is 0 Å². The fourth-order valence-electron chi connectivity index (χ4n) is 1.71. The van der Waals surface area contributed by atoms with Crippen LogP contribution in [0.3, 0.4) is 0 Å². The number of rotatable bonds is 3. The predicted octanol–water partition coefficient (Wildman–Crippen LogP) is 3.36. The van der Waals surface area contributed by atoms with E-state index in [2.05, 4.69) is 0 Å². The molecule has 3 heteroatoms. The van der Waals surface area contributed by atoms with Crippen molar-refractivity contribution in [3.8, 4) is 5.75 Å². The average molecular weight is 244 g/mol. The Kier molecular flexibility index (Phi) is 3.51. The first kappa shape index (κ1) is 12.4. The van der Waals surface area contributed by atoms with E-state index < -0.39 is 5.97 Å². The molecular weight excluding hydrogens is 228 g/mol. The van der Waals surface area contributed by atoms with Crippen molar-refractivity contribution in [3.05, 3.63) is 42.0 Å². The number of carbonyl (C=O) groups is 1. The van der Waals surface area contributed by atoms with Gasteiger partial charge in [-0.2, -0.15) is 0 Å². The highest BCUT2D eigenvalue weighted by molar-refractivity contribution is 5.98. The Morgan fingerprint density at radius 2 is 1.83 bits per heavy atom. The van der Waals surface area contributed by atoms with Crippen LogP contribution in [0.4, 0.5) is 0 Å². The molecule has 0 heterocycles. The van der Waals surface area contributed by atoms with Gasteiger partial charge in [-0.25, -0.2) is 4.79 Å². The lowest BCUT2D eigenvalue weighted by atomic mass is 10.1. The van der Waals surface area contributed by atoms with Gasteiger partial charge in [0, 0.05) is 0 Å². The predicted molar refractivity (Wildman–Crippen MR) is 70.7 cm³/mol. The average Bonchev–Trinajstić information content (AvgIpc) is 2.35. The molecule has 0 radical (unpaired) electrons. The van der Waals surface area contributed by atoms with Crippen molar-refractivity contribution < 1.29 is 14.6 Å². The maximum atomic E-state index is 11.8. The maximum Gasteiger partial charge on any atom is 0.341 e. The number of phenols is 1. The molecule has 3 nitrogen and oxygen atoms in total. The molecule has 0 saturated heterocycles. The van der Waals surface area contributed by atoms with Crippen molar-refractivity contribution in [1.29, 1.82) is 0 Å². The highest BCUT2D eigenvalue weighted by Gasteiger charge is 2.14. The number of hydrogen-bond acceptors (Lipinski definition) is 3. The summed E-state index contributed by atoms with van der Waals surface area (Å²) in [4.78, 5) is 11.8. The highest BCUT2D eigenvalue weighted by atomic mass is 16.5. The van der Waals surface area contributed by atoms with E-state index in [-0.39, 0.29) is 17.2 Å². The Morgan fingerprint density at radius 3 is 2.44 bits per heavy atom. The van der Waals surface area contributed by atoms with Crippen LogP contribution < -0.4 is 0 Å². The smallest absolute Gasteiger partial charge is 0.341 e. The summed E-state index contributed by atoms with van der Waals surface area (Å²) >= 11 is 0. The zero-order valence-corrected chi connectivity index (χ0v) is 10.5. The van der Waals surface area contributed by atoms with Crippen molar-refractivity contribution in [1.82, 2.24) is 0 Å². The van der Waals surface area contributed by atoms with Gasteiger partial charge in [-0.3, -0.25) is 0 Å². The van der Waals surface area contributed by atoms with Crippen LogP contribution in [-0.2, 0) is 4.74 Å². The molecular formula is C15H16O3. The molecule has 18 heavy (non-hydrogen) atoms. The fraction of sp³-hybridized carbons (Fsp3) is 0.267. The Bertz CT molecular complexity index is 573. The maximum absolute atomic E-state index is 11.8. The molecule has 2 aromatic carbocycles. The summed E-state index contributed by atoms with van der Waals surface area (Å²) in [5, 5.41) is 11.7. The normalized spacial score (nSPS) is 10.8. The lowest BCUT2D eigenvalue weighted by Crippen LogP contribution is -2.10. The van der Waals surface area contributed by atoms with E-state index in [0.717, 1.165) is 10.8 Å². The Balaban J connectivity index is 2.32. The van der Waals surface area contributed by atoms with Crippen molar-refractivity contribution >= 4 is 16.7 Å². The van der Waals surface area contributed by atoms with E-state index >= 15 is 0 Å². The number of carbonyl (C=O) groups excluding carboxylic acids is 1. The topological polar surface area (TPSA) is 46.5 Å². The quantitative estimate of drug-likeness (QED) is 0.842. The van der Waals surface area contributed by atoms with E-state index in [1.165, 1.54) is 0 Å². The summed E-state index contributed by atoms with van der Waals surface area (Å²) in [5.41, 5.74) is 0.217. The molecule has 0 saturated carbocycles. The highest BCUT2D eigenvalue weighted by Crippen LogP contribution is 2.25. The van der Waals surface area contributed by atoms with Gasteiger partial charge in [-0.05, 0) is 28.8 Å². The molecule has 2 aromatic rings. The van der Waals surface area contributed by atoms with Crippen LogP contribution in [0, 0.1) is 5.92 Å². The summed E-state index contributed by atoms with van der Waals surface area (Å²) in [6.45, 7) is 4.28. The van der Waals surface area contributed by atoms with Gasteiger partial charge in [0.1, 0.15) is 11.3 Å². The molecule has 2 rings (SSSR count). The van der Waals surface area contributed by atoms with Gasteiger partial charge in [0.25, 0.3) is 0 Å². The second-order valence-corrected chi connectivity index (χ2v) is 4.71. The Labute approximate surface area is 106 Å². The molecule has 1 N–H and O–H groups in total. The lowest BCUT2D eigenvalue weighted by Gasteiger charge is -2.09. The zero-order valence-electron chi connectivity index (χ0n) is 10.5. The SMILES string of the molecule is CC(C)COC(=O)c1cc2ccccc2cc1O. The molecule has 0 aliphatic carbocycles. The standard InChI is InChI=1S/C15H16O3/c1-10(2)9-18-15(17)13-7-11-5-3-4-6-12(11)8-14(13)16/h3-8,10,16H,9H2,1-2H3. The zero-order chi connectivity index (χ0) is 13.1. The third-order valence-electron chi connectivity index (χ3n) is 2.63. The Hall–Kier alpha value is -2.03. The third-order valence-corrected chi connectivity index (χ3v) is 2.63. The molecule has 0 aliphatic rings. The van der Waals surface area contributed by atoms with Crippen molar-refractivity contribution in [2.24, 2.45) is 5.92 Å².